The normalized spacial score (nSPS) is 16.9. The third kappa shape index (κ3) is 1.42. The lowest BCUT2D eigenvalue weighted by Gasteiger charge is -1.92. The molecule has 48 valence electrons. The fourth-order valence-corrected chi connectivity index (χ4v) is 0.793. The first-order chi connectivity index (χ1) is 4.33. The van der Waals surface area contributed by atoms with Crippen LogP contribution in [0, 0.1) is 0 Å². The summed E-state index contributed by atoms with van der Waals surface area (Å²) in [6, 6.07) is 0. The van der Waals surface area contributed by atoms with E-state index in [1.54, 1.807) is 6.20 Å². The number of nitrogens with zero attached hydrogens (tertiary/aromatic N) is 1. The predicted molar refractivity (Wildman–Crippen MR) is 39.1 cm³/mol. The second kappa shape index (κ2) is 2.49. The second-order valence-corrected chi connectivity index (χ2v) is 2.07. The van der Waals surface area contributed by atoms with Crippen molar-refractivity contribution in [2.75, 3.05) is 0 Å². The van der Waals surface area contributed by atoms with Crippen molar-refractivity contribution in [1.29, 1.82) is 0 Å². The van der Waals surface area contributed by atoms with Gasteiger partial charge in [0.2, 0.25) is 0 Å². The molecular formula is C7H10N2. The summed E-state index contributed by atoms with van der Waals surface area (Å²) in [6.07, 6.45) is 5.23. The summed E-state index contributed by atoms with van der Waals surface area (Å²) < 4.78 is 0. The number of aliphatic imine (C=N–C) groups is 1. The van der Waals surface area contributed by atoms with Crippen molar-refractivity contribution in [2.24, 2.45) is 10.7 Å². The molecule has 0 aliphatic carbocycles. The SMILES string of the molecule is C=CCC1=NC=C(N)C1. The van der Waals surface area contributed by atoms with Crippen LogP contribution in [0.15, 0.2) is 29.5 Å². The van der Waals surface area contributed by atoms with Crippen molar-refractivity contribution >= 4 is 5.71 Å². The van der Waals surface area contributed by atoms with Crippen LogP contribution in [0.25, 0.3) is 0 Å². The maximum absolute atomic E-state index is 5.47. The van der Waals surface area contributed by atoms with E-state index >= 15 is 0 Å². The number of hydrogen-bond donors (Lipinski definition) is 1. The molecule has 0 bridgehead atoms. The Hall–Kier alpha value is -1.05. The zero-order valence-electron chi connectivity index (χ0n) is 5.30. The van der Waals surface area contributed by atoms with Gasteiger partial charge in [-0.25, -0.2) is 0 Å². The molecule has 0 saturated heterocycles. The predicted octanol–water partition coefficient (Wildman–Crippen LogP) is 1.21. The Balaban J connectivity index is 2.43. The van der Waals surface area contributed by atoms with E-state index in [0.717, 1.165) is 24.3 Å². The van der Waals surface area contributed by atoms with E-state index in [0.29, 0.717) is 0 Å². The lowest BCUT2D eigenvalue weighted by atomic mass is 10.2. The van der Waals surface area contributed by atoms with E-state index < -0.39 is 0 Å². The van der Waals surface area contributed by atoms with Crippen LogP contribution < -0.4 is 5.73 Å². The summed E-state index contributed by atoms with van der Waals surface area (Å²) in [7, 11) is 0. The summed E-state index contributed by atoms with van der Waals surface area (Å²) >= 11 is 0. The Bertz CT molecular complexity index is 177. The third-order valence-electron chi connectivity index (χ3n) is 1.20. The quantitative estimate of drug-likeness (QED) is 0.549. The lowest BCUT2D eigenvalue weighted by molar-refractivity contribution is 1.22. The van der Waals surface area contributed by atoms with Crippen LogP contribution >= 0.6 is 0 Å². The molecule has 0 atom stereocenters. The van der Waals surface area contributed by atoms with E-state index in [9.17, 15) is 0 Å². The fourth-order valence-electron chi connectivity index (χ4n) is 0.793. The number of hydrogen-bond acceptors (Lipinski definition) is 2. The van der Waals surface area contributed by atoms with Crippen molar-refractivity contribution in [3.63, 3.8) is 0 Å². The van der Waals surface area contributed by atoms with E-state index in [2.05, 4.69) is 11.6 Å². The number of nitrogens with two attached hydrogens (primary N) is 1. The molecule has 1 rings (SSSR count). The van der Waals surface area contributed by atoms with Crippen LogP contribution in [0.1, 0.15) is 12.8 Å². The van der Waals surface area contributed by atoms with Crippen molar-refractivity contribution in [3.05, 3.63) is 24.6 Å². The van der Waals surface area contributed by atoms with E-state index in [-0.39, 0.29) is 0 Å². The maximum atomic E-state index is 5.47. The van der Waals surface area contributed by atoms with Gasteiger partial charge in [-0.15, -0.1) is 6.58 Å². The van der Waals surface area contributed by atoms with Gasteiger partial charge in [0.25, 0.3) is 0 Å². The summed E-state index contributed by atoms with van der Waals surface area (Å²) in [5, 5.41) is 0. The van der Waals surface area contributed by atoms with E-state index in [4.69, 9.17) is 5.73 Å². The summed E-state index contributed by atoms with van der Waals surface area (Å²) in [6.45, 7) is 3.60. The second-order valence-electron chi connectivity index (χ2n) is 2.07. The first-order valence-corrected chi connectivity index (χ1v) is 2.94. The van der Waals surface area contributed by atoms with Gasteiger partial charge in [0.05, 0.1) is 0 Å². The van der Waals surface area contributed by atoms with Gasteiger partial charge in [-0.05, 0) is 0 Å². The first kappa shape index (κ1) is 6.08. The fraction of sp³-hybridized carbons (Fsp3) is 0.286. The zero-order valence-corrected chi connectivity index (χ0v) is 5.30. The molecule has 0 aromatic heterocycles. The van der Waals surface area contributed by atoms with Crippen molar-refractivity contribution in [3.8, 4) is 0 Å². The maximum Gasteiger partial charge on any atom is 0.0458 e. The van der Waals surface area contributed by atoms with Gasteiger partial charge < -0.3 is 5.73 Å². The van der Waals surface area contributed by atoms with Crippen LogP contribution in [-0.2, 0) is 0 Å². The highest BCUT2D eigenvalue weighted by atomic mass is 14.8. The van der Waals surface area contributed by atoms with Crippen LogP contribution in [0.3, 0.4) is 0 Å². The lowest BCUT2D eigenvalue weighted by Crippen LogP contribution is -1.99. The summed E-state index contributed by atoms with van der Waals surface area (Å²) in [5.74, 6) is 0. The molecule has 2 nitrogen and oxygen atoms in total. The van der Waals surface area contributed by atoms with Crippen LogP contribution in [0.4, 0.5) is 0 Å². The number of allylic oxidation sites excluding steroid dienone is 2. The molecule has 1 aliphatic heterocycles. The minimum absolute atomic E-state index is 0.825. The smallest absolute Gasteiger partial charge is 0.0458 e. The van der Waals surface area contributed by atoms with E-state index in [1.165, 1.54) is 0 Å². The molecule has 0 unspecified atom stereocenters. The number of rotatable bonds is 2. The molecule has 0 aromatic carbocycles. The molecule has 2 N–H and O–H groups in total. The third-order valence-corrected chi connectivity index (χ3v) is 1.20. The van der Waals surface area contributed by atoms with Gasteiger partial charge in [-0.1, -0.05) is 6.08 Å². The Labute approximate surface area is 54.8 Å². The zero-order chi connectivity index (χ0) is 6.69. The summed E-state index contributed by atoms with van der Waals surface area (Å²) in [5.41, 5.74) is 7.43. The minimum atomic E-state index is 0.825. The average molecular weight is 122 g/mol. The van der Waals surface area contributed by atoms with Crippen molar-refractivity contribution in [2.45, 2.75) is 12.8 Å². The Morgan fingerprint density at radius 2 is 2.67 bits per heavy atom. The Morgan fingerprint density at radius 1 is 1.89 bits per heavy atom. The van der Waals surface area contributed by atoms with E-state index in [1.807, 2.05) is 6.08 Å². The van der Waals surface area contributed by atoms with Crippen molar-refractivity contribution in [1.82, 2.24) is 0 Å². The molecule has 2 heteroatoms. The molecule has 0 aromatic rings. The molecule has 0 spiro atoms. The first-order valence-electron chi connectivity index (χ1n) is 2.94. The minimum Gasteiger partial charge on any atom is -0.400 e. The van der Waals surface area contributed by atoms with Gasteiger partial charge >= 0.3 is 0 Å². The van der Waals surface area contributed by atoms with Crippen LogP contribution in [0.2, 0.25) is 0 Å². The molecule has 9 heavy (non-hydrogen) atoms. The molecule has 0 fully saturated rings. The molecule has 0 radical (unpaired) electrons. The van der Waals surface area contributed by atoms with Crippen LogP contribution in [0.5, 0.6) is 0 Å². The van der Waals surface area contributed by atoms with Crippen LogP contribution in [-0.4, -0.2) is 5.71 Å². The monoisotopic (exact) mass is 122 g/mol. The van der Waals surface area contributed by atoms with Gasteiger partial charge in [-0.3, -0.25) is 4.99 Å². The molecule has 0 amide bonds. The van der Waals surface area contributed by atoms with Crippen molar-refractivity contribution < 1.29 is 0 Å². The Morgan fingerprint density at radius 3 is 3.11 bits per heavy atom. The van der Waals surface area contributed by atoms with Gasteiger partial charge in [0, 0.05) is 30.5 Å². The highest BCUT2D eigenvalue weighted by Crippen LogP contribution is 2.08. The largest absolute Gasteiger partial charge is 0.400 e. The van der Waals surface area contributed by atoms with Gasteiger partial charge in [-0.2, -0.15) is 0 Å². The topological polar surface area (TPSA) is 38.4 Å². The standard InChI is InChI=1S/C7H10N2/c1-2-3-7-4-6(8)5-9-7/h2,5H,1,3-4,8H2. The highest BCUT2D eigenvalue weighted by Gasteiger charge is 2.03. The van der Waals surface area contributed by atoms with Gasteiger partial charge in [0.15, 0.2) is 0 Å². The van der Waals surface area contributed by atoms with Gasteiger partial charge in [0.1, 0.15) is 0 Å². The summed E-state index contributed by atoms with van der Waals surface area (Å²) in [4.78, 5) is 4.06. The molecule has 1 heterocycles. The average Bonchev–Trinajstić information content (AvgIpc) is 2.17. The Kier molecular flexibility index (Phi) is 1.68. The molecule has 0 saturated carbocycles. The molecule has 1 aliphatic rings. The highest BCUT2D eigenvalue weighted by molar-refractivity contribution is 5.89. The molecular weight excluding hydrogens is 112 g/mol.